The maximum absolute atomic E-state index is 9.84. The molecule has 12 heavy (non-hydrogen) atoms. The van der Waals surface area contributed by atoms with Gasteiger partial charge in [-0.15, -0.1) is 0 Å². The van der Waals surface area contributed by atoms with Crippen LogP contribution in [0, 0.1) is 0 Å². The minimum absolute atomic E-state index is 0.394. The predicted octanol–water partition coefficient (Wildman–Crippen LogP) is 0.822. The second-order valence-electron chi connectivity index (χ2n) is 1.63. The number of hydrogen-bond acceptors (Lipinski definition) is 4. The van der Waals surface area contributed by atoms with Crippen LogP contribution in [0.4, 0.5) is 0 Å². The number of aromatic nitrogens is 2. The Balaban J connectivity index is 0.000000202. The fraction of sp³-hybridized carbons (Fsp3) is 0.125. The molecule has 1 aromatic heterocycles. The molecule has 0 N–H and O–H groups in total. The van der Waals surface area contributed by atoms with Crippen LogP contribution in [0.1, 0.15) is 0 Å². The molecule has 0 unspecified atom stereocenters. The first-order valence-corrected chi connectivity index (χ1v) is 3.21. The van der Waals surface area contributed by atoms with E-state index in [0.717, 1.165) is 6.08 Å². The quantitative estimate of drug-likeness (QED) is 0.458. The van der Waals surface area contributed by atoms with E-state index in [2.05, 4.69) is 21.3 Å². The average molecular weight is 166 g/mol. The van der Waals surface area contributed by atoms with Gasteiger partial charge in [0.1, 0.15) is 6.33 Å². The molecule has 4 nitrogen and oxygen atoms in total. The third-order valence-electron chi connectivity index (χ3n) is 0.845. The van der Waals surface area contributed by atoms with Crippen molar-refractivity contribution in [3.63, 3.8) is 0 Å². The third-order valence-corrected chi connectivity index (χ3v) is 0.845. The van der Waals surface area contributed by atoms with Gasteiger partial charge < -0.3 is 4.74 Å². The van der Waals surface area contributed by atoms with Crippen molar-refractivity contribution >= 4 is 5.97 Å². The largest absolute Gasteiger partial charge is 0.466 e. The van der Waals surface area contributed by atoms with E-state index < -0.39 is 5.97 Å². The number of nitrogens with zero attached hydrogens (tertiary/aromatic N) is 2. The number of ether oxygens (including phenoxy) is 1. The van der Waals surface area contributed by atoms with E-state index in [1.54, 1.807) is 18.5 Å². The Kier molecular flexibility index (Phi) is 6.34. The number of methoxy groups -OCH3 is 1. The zero-order valence-corrected chi connectivity index (χ0v) is 6.80. The van der Waals surface area contributed by atoms with Crippen molar-refractivity contribution in [2.45, 2.75) is 0 Å². The molecule has 0 bridgehead atoms. The summed E-state index contributed by atoms with van der Waals surface area (Å²) < 4.78 is 4.14. The van der Waals surface area contributed by atoms with Crippen molar-refractivity contribution in [3.05, 3.63) is 37.4 Å². The van der Waals surface area contributed by atoms with Gasteiger partial charge in [0.15, 0.2) is 0 Å². The fourth-order valence-corrected chi connectivity index (χ4v) is 0.337. The molecule has 0 aromatic carbocycles. The predicted molar refractivity (Wildman–Crippen MR) is 44.2 cm³/mol. The van der Waals surface area contributed by atoms with E-state index in [0.29, 0.717) is 0 Å². The zero-order chi connectivity index (χ0) is 9.23. The Hall–Kier alpha value is -1.71. The van der Waals surface area contributed by atoms with Crippen molar-refractivity contribution in [1.29, 1.82) is 0 Å². The summed E-state index contributed by atoms with van der Waals surface area (Å²) in [5, 5.41) is 0. The van der Waals surface area contributed by atoms with Crippen LogP contribution in [0.3, 0.4) is 0 Å². The standard InChI is InChI=1S/C4H4N2.C4H6O2/c1-2-5-4-6-3-1;1-3-4(5)6-2/h1-4H;3H,1H2,2H3. The van der Waals surface area contributed by atoms with E-state index in [-0.39, 0.29) is 0 Å². The molecule has 0 aliphatic heterocycles. The van der Waals surface area contributed by atoms with E-state index in [4.69, 9.17) is 0 Å². The molecule has 0 aliphatic rings. The van der Waals surface area contributed by atoms with Crippen molar-refractivity contribution < 1.29 is 9.53 Å². The lowest BCUT2D eigenvalue weighted by atomic mass is 10.7. The molecule has 0 aliphatic carbocycles. The molecule has 1 heterocycles. The first-order valence-electron chi connectivity index (χ1n) is 3.21. The highest BCUT2D eigenvalue weighted by Crippen LogP contribution is 1.67. The Bertz CT molecular complexity index is 197. The lowest BCUT2D eigenvalue weighted by molar-refractivity contribution is -0.134. The average Bonchev–Trinajstić information content (AvgIpc) is 2.20. The van der Waals surface area contributed by atoms with Gasteiger partial charge >= 0.3 is 5.97 Å². The first-order chi connectivity index (χ1) is 5.81. The van der Waals surface area contributed by atoms with Gasteiger partial charge in [0.25, 0.3) is 0 Å². The Morgan fingerprint density at radius 2 is 2.08 bits per heavy atom. The Labute approximate surface area is 70.9 Å². The molecule has 0 saturated heterocycles. The molecular formula is C8H10N2O2. The van der Waals surface area contributed by atoms with Crippen molar-refractivity contribution in [2.75, 3.05) is 7.11 Å². The Morgan fingerprint density at radius 1 is 1.50 bits per heavy atom. The zero-order valence-electron chi connectivity index (χ0n) is 6.80. The summed E-state index contributed by atoms with van der Waals surface area (Å²) in [6.07, 6.45) is 5.99. The smallest absolute Gasteiger partial charge is 0.329 e. The second kappa shape index (κ2) is 7.40. The molecule has 0 atom stereocenters. The maximum Gasteiger partial charge on any atom is 0.329 e. The monoisotopic (exact) mass is 166 g/mol. The van der Waals surface area contributed by atoms with Crippen LogP contribution >= 0.6 is 0 Å². The number of hydrogen-bond donors (Lipinski definition) is 0. The normalized spacial score (nSPS) is 7.42. The van der Waals surface area contributed by atoms with Gasteiger partial charge in [0, 0.05) is 18.5 Å². The molecule has 0 spiro atoms. The number of rotatable bonds is 1. The first kappa shape index (κ1) is 10.3. The SMILES string of the molecule is C=CC(=O)OC.c1cncnc1. The van der Waals surface area contributed by atoms with Crippen molar-refractivity contribution in [2.24, 2.45) is 0 Å². The lowest BCUT2D eigenvalue weighted by Gasteiger charge is -1.83. The highest BCUT2D eigenvalue weighted by molar-refractivity contribution is 5.80. The topological polar surface area (TPSA) is 52.1 Å². The van der Waals surface area contributed by atoms with Gasteiger partial charge in [-0.3, -0.25) is 0 Å². The summed E-state index contributed by atoms with van der Waals surface area (Å²) in [6.45, 7) is 3.16. The molecule has 4 heteroatoms. The molecule has 0 radical (unpaired) electrons. The summed E-state index contributed by atoms with van der Waals surface area (Å²) in [4.78, 5) is 17.2. The molecule has 1 rings (SSSR count). The minimum atomic E-state index is -0.394. The molecule has 0 amide bonds. The highest BCUT2D eigenvalue weighted by Gasteiger charge is 1.81. The molecule has 0 saturated carbocycles. The van der Waals surface area contributed by atoms with Crippen LogP contribution in [0.5, 0.6) is 0 Å². The van der Waals surface area contributed by atoms with E-state index >= 15 is 0 Å². The Morgan fingerprint density at radius 3 is 2.17 bits per heavy atom. The number of carbonyl (C=O) groups is 1. The van der Waals surface area contributed by atoms with E-state index in [9.17, 15) is 4.79 Å². The fourth-order valence-electron chi connectivity index (χ4n) is 0.337. The van der Waals surface area contributed by atoms with Gasteiger partial charge in [-0.25, -0.2) is 14.8 Å². The summed E-state index contributed by atoms with van der Waals surface area (Å²) in [7, 11) is 1.31. The van der Waals surface area contributed by atoms with Crippen molar-refractivity contribution in [3.8, 4) is 0 Å². The lowest BCUT2D eigenvalue weighted by Crippen LogP contribution is -1.91. The van der Waals surface area contributed by atoms with Crippen LogP contribution in [0.15, 0.2) is 37.4 Å². The summed E-state index contributed by atoms with van der Waals surface area (Å²) in [5.74, 6) is -0.394. The van der Waals surface area contributed by atoms with Gasteiger partial charge in [0.05, 0.1) is 7.11 Å². The molecular weight excluding hydrogens is 156 g/mol. The van der Waals surface area contributed by atoms with Gasteiger partial charge in [-0.05, 0) is 6.07 Å². The second-order valence-corrected chi connectivity index (χ2v) is 1.63. The number of esters is 1. The minimum Gasteiger partial charge on any atom is -0.466 e. The van der Waals surface area contributed by atoms with Gasteiger partial charge in [-0.2, -0.15) is 0 Å². The van der Waals surface area contributed by atoms with Gasteiger partial charge in [-0.1, -0.05) is 6.58 Å². The van der Waals surface area contributed by atoms with Gasteiger partial charge in [0.2, 0.25) is 0 Å². The molecule has 0 fully saturated rings. The summed E-state index contributed by atoms with van der Waals surface area (Å²) in [5.41, 5.74) is 0. The highest BCUT2D eigenvalue weighted by atomic mass is 16.5. The van der Waals surface area contributed by atoms with E-state index in [1.165, 1.54) is 13.4 Å². The maximum atomic E-state index is 9.84. The van der Waals surface area contributed by atoms with Crippen LogP contribution in [0.2, 0.25) is 0 Å². The van der Waals surface area contributed by atoms with Crippen LogP contribution in [-0.2, 0) is 9.53 Å². The van der Waals surface area contributed by atoms with Crippen LogP contribution in [0.25, 0.3) is 0 Å². The third kappa shape index (κ3) is 6.41. The summed E-state index contributed by atoms with van der Waals surface area (Å²) in [6, 6.07) is 1.78. The van der Waals surface area contributed by atoms with Crippen LogP contribution < -0.4 is 0 Å². The molecule has 64 valence electrons. The number of carbonyl (C=O) groups excluding carboxylic acids is 1. The molecule has 1 aromatic rings. The van der Waals surface area contributed by atoms with Crippen LogP contribution in [-0.4, -0.2) is 23.0 Å². The van der Waals surface area contributed by atoms with E-state index in [1.807, 2.05) is 0 Å². The van der Waals surface area contributed by atoms with Crippen molar-refractivity contribution in [1.82, 2.24) is 9.97 Å². The summed E-state index contributed by atoms with van der Waals surface area (Å²) >= 11 is 0.